The predicted molar refractivity (Wildman–Crippen MR) is 103 cm³/mol. The Morgan fingerprint density at radius 3 is 2.73 bits per heavy atom. The normalized spacial score (nSPS) is 16.9. The minimum Gasteiger partial charge on any atom is -0.493 e. The van der Waals surface area contributed by atoms with E-state index in [1.807, 2.05) is 0 Å². The number of hydrogen-bond acceptors (Lipinski definition) is 7. The number of carbonyl (C=O) groups is 1. The Balaban J connectivity index is 1.62. The number of aromatic nitrogens is 2. The Bertz CT molecular complexity index is 767. The molecule has 1 aromatic heterocycles. The molecule has 3 rings (SSSR count). The molecule has 0 saturated carbocycles. The Morgan fingerprint density at radius 1 is 1.19 bits per heavy atom. The van der Waals surface area contributed by atoms with Crippen molar-refractivity contribution >= 4 is 33.3 Å². The highest BCUT2D eigenvalue weighted by atomic mass is 32.1. The summed E-state index contributed by atoms with van der Waals surface area (Å²) in [5, 5.41) is 15.1. The number of ether oxygens (including phenoxy) is 2. The van der Waals surface area contributed by atoms with E-state index in [4.69, 9.17) is 9.47 Å². The number of amides is 2. The van der Waals surface area contributed by atoms with Crippen LogP contribution in [0.5, 0.6) is 11.5 Å². The average Bonchev–Trinajstić information content (AvgIpc) is 3.10. The number of carbonyl (C=O) groups excluding carboxylic acids is 1. The van der Waals surface area contributed by atoms with Crippen LogP contribution in [-0.4, -0.2) is 43.0 Å². The quantitative estimate of drug-likeness (QED) is 0.828. The molecule has 0 spiro atoms. The van der Waals surface area contributed by atoms with Crippen LogP contribution in [0.1, 0.15) is 26.2 Å². The average molecular weight is 377 g/mol. The van der Waals surface area contributed by atoms with Gasteiger partial charge in [0.1, 0.15) is 0 Å². The summed E-state index contributed by atoms with van der Waals surface area (Å²) >= 11 is 1.38. The lowest BCUT2D eigenvalue weighted by Gasteiger charge is -2.32. The van der Waals surface area contributed by atoms with Crippen LogP contribution in [0.4, 0.5) is 20.7 Å². The molecule has 0 bridgehead atoms. The number of nitrogens with zero attached hydrogens (tertiary/aromatic N) is 3. The number of nitrogens with one attached hydrogen (secondary N) is 2. The van der Waals surface area contributed by atoms with Gasteiger partial charge < -0.3 is 19.7 Å². The number of methoxy groups -OCH3 is 2. The molecule has 2 N–H and O–H groups in total. The number of piperidine rings is 1. The van der Waals surface area contributed by atoms with Crippen molar-refractivity contribution in [3.8, 4) is 11.5 Å². The highest BCUT2D eigenvalue weighted by Crippen LogP contribution is 2.31. The molecule has 8 nitrogen and oxygen atoms in total. The van der Waals surface area contributed by atoms with E-state index in [0.717, 1.165) is 24.5 Å². The van der Waals surface area contributed by atoms with Crippen molar-refractivity contribution in [2.75, 3.05) is 36.3 Å². The maximum absolute atomic E-state index is 12.2. The Kier molecular flexibility index (Phi) is 5.77. The predicted octanol–water partition coefficient (Wildman–Crippen LogP) is 3.58. The van der Waals surface area contributed by atoms with E-state index in [2.05, 4.69) is 32.7 Å². The van der Waals surface area contributed by atoms with Crippen LogP contribution in [0.3, 0.4) is 0 Å². The van der Waals surface area contributed by atoms with Crippen LogP contribution in [-0.2, 0) is 0 Å². The van der Waals surface area contributed by atoms with Crippen molar-refractivity contribution in [3.05, 3.63) is 18.2 Å². The van der Waals surface area contributed by atoms with Crippen LogP contribution in [0.15, 0.2) is 18.2 Å². The van der Waals surface area contributed by atoms with Gasteiger partial charge in [-0.25, -0.2) is 4.79 Å². The number of urea groups is 1. The molecule has 1 aliphatic heterocycles. The maximum atomic E-state index is 12.2. The third-order valence-corrected chi connectivity index (χ3v) is 5.20. The zero-order valence-electron chi connectivity index (χ0n) is 15.1. The minimum absolute atomic E-state index is 0.383. The monoisotopic (exact) mass is 377 g/mol. The van der Waals surface area contributed by atoms with Crippen LogP contribution < -0.4 is 25.0 Å². The van der Waals surface area contributed by atoms with Gasteiger partial charge in [0.05, 0.1) is 14.2 Å². The molecular weight excluding hydrogens is 354 g/mol. The zero-order chi connectivity index (χ0) is 18.5. The molecule has 9 heteroatoms. The highest BCUT2D eigenvalue weighted by Gasteiger charge is 2.22. The standard InChI is InChI=1S/C17H23N5O3S/c1-11-6-4-5-9-22(11)17-21-20-16(26-17)19-15(23)18-12-7-8-13(24-2)14(10-12)25-3/h7-8,10-11H,4-6,9H2,1-3H3,(H2,18,19,20,23)/t11-/m0/s1. The maximum Gasteiger partial charge on any atom is 0.325 e. The van der Waals surface area contributed by atoms with E-state index in [-0.39, 0.29) is 6.03 Å². The van der Waals surface area contributed by atoms with Crippen LogP contribution >= 0.6 is 11.3 Å². The second-order valence-electron chi connectivity index (χ2n) is 6.08. The van der Waals surface area contributed by atoms with E-state index < -0.39 is 0 Å². The Morgan fingerprint density at radius 2 is 2.00 bits per heavy atom. The Labute approximate surface area is 156 Å². The van der Waals surface area contributed by atoms with Gasteiger partial charge in [-0.3, -0.25) is 5.32 Å². The van der Waals surface area contributed by atoms with Gasteiger partial charge in [0.15, 0.2) is 11.5 Å². The first-order chi connectivity index (χ1) is 12.6. The van der Waals surface area contributed by atoms with E-state index in [1.165, 1.54) is 17.8 Å². The highest BCUT2D eigenvalue weighted by molar-refractivity contribution is 7.19. The van der Waals surface area contributed by atoms with Crippen LogP contribution in [0.25, 0.3) is 0 Å². The third kappa shape index (κ3) is 4.16. The molecule has 1 aliphatic rings. The van der Waals surface area contributed by atoms with Gasteiger partial charge in [0, 0.05) is 24.3 Å². The zero-order valence-corrected chi connectivity index (χ0v) is 15.9. The molecule has 140 valence electrons. The van der Waals surface area contributed by atoms with Gasteiger partial charge in [-0.15, -0.1) is 10.2 Å². The molecule has 1 atom stereocenters. The number of rotatable bonds is 5. The topological polar surface area (TPSA) is 88.6 Å². The van der Waals surface area contributed by atoms with Gasteiger partial charge in [-0.2, -0.15) is 0 Å². The molecule has 1 fully saturated rings. The first kappa shape index (κ1) is 18.2. The molecule has 2 aromatic rings. The van der Waals surface area contributed by atoms with E-state index in [0.29, 0.717) is 28.4 Å². The number of benzene rings is 1. The lowest BCUT2D eigenvalue weighted by molar-refractivity contribution is 0.262. The molecule has 2 heterocycles. The minimum atomic E-state index is -0.383. The molecule has 0 radical (unpaired) electrons. The fourth-order valence-electron chi connectivity index (χ4n) is 2.94. The summed E-state index contributed by atoms with van der Waals surface area (Å²) in [5.74, 6) is 1.14. The Hall–Kier alpha value is -2.55. The van der Waals surface area contributed by atoms with Gasteiger partial charge in [-0.05, 0) is 38.3 Å². The van der Waals surface area contributed by atoms with Crippen LogP contribution in [0, 0.1) is 0 Å². The van der Waals surface area contributed by atoms with E-state index in [1.54, 1.807) is 32.4 Å². The molecule has 0 unspecified atom stereocenters. The number of anilines is 3. The van der Waals surface area contributed by atoms with Crippen molar-refractivity contribution in [3.63, 3.8) is 0 Å². The van der Waals surface area contributed by atoms with Gasteiger partial charge in [0.2, 0.25) is 10.3 Å². The molecule has 1 aromatic carbocycles. The van der Waals surface area contributed by atoms with Crippen LogP contribution in [0.2, 0.25) is 0 Å². The first-order valence-corrected chi connectivity index (χ1v) is 9.32. The summed E-state index contributed by atoms with van der Waals surface area (Å²) < 4.78 is 10.4. The molecule has 0 aliphatic carbocycles. The van der Waals surface area contributed by atoms with Crippen molar-refractivity contribution in [2.24, 2.45) is 0 Å². The molecule has 2 amide bonds. The molecular formula is C17H23N5O3S. The van der Waals surface area contributed by atoms with Crippen molar-refractivity contribution in [1.82, 2.24) is 10.2 Å². The number of hydrogen-bond donors (Lipinski definition) is 2. The summed E-state index contributed by atoms with van der Waals surface area (Å²) in [7, 11) is 3.11. The van der Waals surface area contributed by atoms with E-state index >= 15 is 0 Å². The lowest BCUT2D eigenvalue weighted by atomic mass is 10.1. The molecule has 26 heavy (non-hydrogen) atoms. The summed E-state index contributed by atoms with van der Waals surface area (Å²) in [6.07, 6.45) is 3.56. The largest absolute Gasteiger partial charge is 0.493 e. The second-order valence-corrected chi connectivity index (χ2v) is 7.03. The van der Waals surface area contributed by atoms with Gasteiger partial charge in [-0.1, -0.05) is 11.3 Å². The summed E-state index contributed by atoms with van der Waals surface area (Å²) in [6, 6.07) is 5.23. The lowest BCUT2D eigenvalue weighted by Crippen LogP contribution is -2.37. The SMILES string of the molecule is COc1ccc(NC(=O)Nc2nnc(N3CCCC[C@@H]3C)s2)cc1OC. The van der Waals surface area contributed by atoms with Crippen molar-refractivity contribution in [1.29, 1.82) is 0 Å². The fraction of sp³-hybridized carbons (Fsp3) is 0.471. The van der Waals surface area contributed by atoms with Crippen molar-refractivity contribution in [2.45, 2.75) is 32.2 Å². The van der Waals surface area contributed by atoms with Gasteiger partial charge in [0.25, 0.3) is 0 Å². The van der Waals surface area contributed by atoms with Gasteiger partial charge >= 0.3 is 6.03 Å². The first-order valence-electron chi connectivity index (χ1n) is 8.51. The summed E-state index contributed by atoms with van der Waals surface area (Å²) in [6.45, 7) is 3.17. The van der Waals surface area contributed by atoms with Crippen molar-refractivity contribution < 1.29 is 14.3 Å². The smallest absolute Gasteiger partial charge is 0.325 e. The fourth-order valence-corrected chi connectivity index (χ4v) is 3.81. The molecule has 1 saturated heterocycles. The third-order valence-electron chi connectivity index (χ3n) is 4.32. The van der Waals surface area contributed by atoms with E-state index in [9.17, 15) is 4.79 Å². The summed E-state index contributed by atoms with van der Waals surface area (Å²) in [4.78, 5) is 14.5. The summed E-state index contributed by atoms with van der Waals surface area (Å²) in [5.41, 5.74) is 0.592. The second kappa shape index (κ2) is 8.22.